The van der Waals surface area contributed by atoms with Crippen LogP contribution in [0, 0.1) is 0 Å². The van der Waals surface area contributed by atoms with Gasteiger partial charge in [-0.2, -0.15) is 0 Å². The van der Waals surface area contributed by atoms with Crippen molar-refractivity contribution >= 4 is 31.1 Å². The molecule has 0 saturated heterocycles. The monoisotopic (exact) mass is 393 g/mol. The molecular formula is C17H24N5O4P. The number of anilines is 3. The maximum Gasteiger partial charge on any atom is 0.335 e. The highest BCUT2D eigenvalue weighted by atomic mass is 31.2. The normalized spacial score (nSPS) is 11.7. The van der Waals surface area contributed by atoms with E-state index in [9.17, 15) is 4.57 Å². The van der Waals surface area contributed by atoms with Gasteiger partial charge in [-0.1, -0.05) is 17.3 Å². The van der Waals surface area contributed by atoms with Crippen LogP contribution in [0.15, 0.2) is 35.7 Å². The lowest BCUT2D eigenvalue weighted by atomic mass is 10.2. The van der Waals surface area contributed by atoms with Crippen LogP contribution in [0.4, 0.5) is 17.3 Å². The second-order valence-electron chi connectivity index (χ2n) is 5.36. The third kappa shape index (κ3) is 6.02. The number of hydrogen-bond acceptors (Lipinski definition) is 9. The van der Waals surface area contributed by atoms with Gasteiger partial charge >= 0.3 is 7.60 Å². The van der Waals surface area contributed by atoms with E-state index in [-0.39, 0.29) is 12.0 Å². The molecule has 146 valence electrons. The van der Waals surface area contributed by atoms with E-state index in [0.29, 0.717) is 24.6 Å². The third-order valence-electron chi connectivity index (χ3n) is 3.45. The molecule has 0 aliphatic heterocycles. The molecule has 0 aliphatic rings. The van der Waals surface area contributed by atoms with Crippen LogP contribution >= 0.6 is 7.60 Å². The number of nitrogens with one attached hydrogen (secondary N) is 1. The SMILES string of the molecule is CCOP(=O)(Cc1ccc(Nc2ncnc(N)c2C=NOC)cc1)OCC. The fraction of sp³-hybridized carbons (Fsp3) is 0.353. The van der Waals surface area contributed by atoms with Gasteiger partial charge in [-0.25, -0.2) is 9.97 Å². The van der Waals surface area contributed by atoms with Gasteiger partial charge in [-0.15, -0.1) is 0 Å². The molecule has 1 aromatic carbocycles. The van der Waals surface area contributed by atoms with Crippen LogP contribution < -0.4 is 11.1 Å². The Hall–Kier alpha value is -2.48. The zero-order valence-electron chi connectivity index (χ0n) is 15.6. The number of nitrogens with zero attached hydrogens (tertiary/aromatic N) is 3. The molecule has 0 saturated carbocycles. The van der Waals surface area contributed by atoms with Gasteiger partial charge in [0.25, 0.3) is 0 Å². The van der Waals surface area contributed by atoms with Crippen LogP contribution in [0.25, 0.3) is 0 Å². The Morgan fingerprint density at radius 1 is 1.19 bits per heavy atom. The van der Waals surface area contributed by atoms with Gasteiger partial charge < -0.3 is 24.9 Å². The molecule has 0 fully saturated rings. The van der Waals surface area contributed by atoms with E-state index in [4.69, 9.17) is 14.8 Å². The molecule has 9 nitrogen and oxygen atoms in total. The van der Waals surface area contributed by atoms with Gasteiger partial charge in [-0.05, 0) is 31.5 Å². The molecule has 2 rings (SSSR count). The van der Waals surface area contributed by atoms with Crippen molar-refractivity contribution in [1.82, 2.24) is 9.97 Å². The van der Waals surface area contributed by atoms with Gasteiger partial charge in [0.15, 0.2) is 0 Å². The Bertz CT molecular complexity index is 803. The van der Waals surface area contributed by atoms with Gasteiger partial charge in [0.05, 0.1) is 31.2 Å². The lowest BCUT2D eigenvalue weighted by molar-refractivity contribution is 0.215. The minimum absolute atomic E-state index is 0.209. The summed E-state index contributed by atoms with van der Waals surface area (Å²) in [7, 11) is -1.70. The van der Waals surface area contributed by atoms with Gasteiger partial charge in [-0.3, -0.25) is 4.57 Å². The summed E-state index contributed by atoms with van der Waals surface area (Å²) in [5.41, 5.74) is 8.00. The van der Waals surface area contributed by atoms with E-state index >= 15 is 0 Å². The fourth-order valence-electron chi connectivity index (χ4n) is 2.32. The fourth-order valence-corrected chi connectivity index (χ4v) is 4.02. The minimum Gasteiger partial charge on any atom is -0.399 e. The van der Waals surface area contributed by atoms with E-state index < -0.39 is 7.60 Å². The smallest absolute Gasteiger partial charge is 0.335 e. The summed E-state index contributed by atoms with van der Waals surface area (Å²) in [6.07, 6.45) is 3.00. The summed E-state index contributed by atoms with van der Waals surface area (Å²) in [5.74, 6) is 0.768. The number of oxime groups is 1. The first-order chi connectivity index (χ1) is 13.0. The first kappa shape index (κ1) is 20.8. The van der Waals surface area contributed by atoms with E-state index in [1.807, 2.05) is 24.3 Å². The summed E-state index contributed by atoms with van der Waals surface area (Å²) < 4.78 is 23.3. The number of rotatable bonds is 10. The second kappa shape index (κ2) is 10.0. The van der Waals surface area contributed by atoms with Gasteiger partial charge in [0, 0.05) is 5.69 Å². The predicted octanol–water partition coefficient (Wildman–Crippen LogP) is 3.55. The highest BCUT2D eigenvalue weighted by molar-refractivity contribution is 7.53. The molecule has 0 radical (unpaired) electrons. The molecule has 0 spiro atoms. The Labute approximate surface area is 158 Å². The maximum absolute atomic E-state index is 12.6. The third-order valence-corrected chi connectivity index (χ3v) is 5.50. The first-order valence-corrected chi connectivity index (χ1v) is 10.1. The van der Waals surface area contributed by atoms with Gasteiger partial charge in [0.1, 0.15) is 25.1 Å². The Morgan fingerprint density at radius 3 is 2.44 bits per heavy atom. The van der Waals surface area contributed by atoms with Crippen molar-refractivity contribution in [3.63, 3.8) is 0 Å². The lowest BCUT2D eigenvalue weighted by Gasteiger charge is -2.17. The van der Waals surface area contributed by atoms with Crippen molar-refractivity contribution in [2.24, 2.45) is 5.16 Å². The molecule has 0 unspecified atom stereocenters. The first-order valence-electron chi connectivity index (χ1n) is 8.42. The highest BCUT2D eigenvalue weighted by Crippen LogP contribution is 2.51. The molecule has 3 N–H and O–H groups in total. The largest absolute Gasteiger partial charge is 0.399 e. The van der Waals surface area contributed by atoms with Crippen LogP contribution in [0.1, 0.15) is 25.0 Å². The number of nitrogen functional groups attached to an aromatic ring is 1. The second-order valence-corrected chi connectivity index (χ2v) is 7.42. The molecule has 10 heteroatoms. The zero-order chi connectivity index (χ0) is 19.7. The summed E-state index contributed by atoms with van der Waals surface area (Å²) in [6.45, 7) is 4.24. The maximum atomic E-state index is 12.6. The number of aromatic nitrogens is 2. The van der Waals surface area contributed by atoms with E-state index in [0.717, 1.165) is 11.3 Å². The van der Waals surface area contributed by atoms with E-state index in [1.165, 1.54) is 19.7 Å². The Balaban J connectivity index is 2.16. The molecule has 0 aliphatic carbocycles. The van der Waals surface area contributed by atoms with E-state index in [1.54, 1.807) is 13.8 Å². The van der Waals surface area contributed by atoms with Crippen molar-refractivity contribution in [1.29, 1.82) is 0 Å². The van der Waals surface area contributed by atoms with Crippen molar-refractivity contribution in [3.05, 3.63) is 41.7 Å². The average molecular weight is 393 g/mol. The van der Waals surface area contributed by atoms with Crippen LogP contribution in [-0.2, 0) is 24.6 Å². The highest BCUT2D eigenvalue weighted by Gasteiger charge is 2.23. The summed E-state index contributed by atoms with van der Waals surface area (Å²) in [6, 6.07) is 7.38. The molecule has 2 aromatic rings. The molecule has 0 atom stereocenters. The van der Waals surface area contributed by atoms with Crippen molar-refractivity contribution < 1.29 is 18.5 Å². The van der Waals surface area contributed by atoms with Crippen LogP contribution in [-0.4, -0.2) is 36.5 Å². The van der Waals surface area contributed by atoms with Crippen molar-refractivity contribution in [2.75, 3.05) is 31.4 Å². The molecule has 1 aromatic heterocycles. The number of benzene rings is 1. The summed E-state index contributed by atoms with van der Waals surface area (Å²) in [5, 5.41) is 6.86. The predicted molar refractivity (Wildman–Crippen MR) is 105 cm³/mol. The number of nitrogens with two attached hydrogens (primary N) is 1. The zero-order valence-corrected chi connectivity index (χ0v) is 16.5. The van der Waals surface area contributed by atoms with Gasteiger partial charge in [0.2, 0.25) is 0 Å². The average Bonchev–Trinajstić information content (AvgIpc) is 2.63. The standard InChI is InChI=1S/C17H24N5O4P/c1-4-25-27(23,26-5-2)11-13-6-8-14(9-7-13)22-17-15(10-21-24-3)16(18)19-12-20-17/h6-10,12H,4-5,11H2,1-3H3,(H3,18,19,20,22). The lowest BCUT2D eigenvalue weighted by Crippen LogP contribution is -2.05. The quantitative estimate of drug-likeness (QED) is 0.357. The Morgan fingerprint density at radius 2 is 1.85 bits per heavy atom. The molecule has 27 heavy (non-hydrogen) atoms. The number of hydrogen-bond donors (Lipinski definition) is 2. The molecular weight excluding hydrogens is 369 g/mol. The van der Waals surface area contributed by atoms with E-state index in [2.05, 4.69) is 25.3 Å². The van der Waals surface area contributed by atoms with Crippen LogP contribution in [0.3, 0.4) is 0 Å². The van der Waals surface area contributed by atoms with Crippen molar-refractivity contribution in [3.8, 4) is 0 Å². The minimum atomic E-state index is -3.14. The Kier molecular flexibility index (Phi) is 7.72. The summed E-state index contributed by atoms with van der Waals surface area (Å²) in [4.78, 5) is 12.8. The molecule has 1 heterocycles. The topological polar surface area (TPSA) is 121 Å². The van der Waals surface area contributed by atoms with Crippen molar-refractivity contribution in [2.45, 2.75) is 20.0 Å². The molecule has 0 amide bonds. The molecule has 0 bridgehead atoms. The van der Waals surface area contributed by atoms with Crippen LogP contribution in [0.5, 0.6) is 0 Å². The van der Waals surface area contributed by atoms with Crippen LogP contribution in [0.2, 0.25) is 0 Å². The summed E-state index contributed by atoms with van der Waals surface area (Å²) >= 11 is 0.